The van der Waals surface area contributed by atoms with Crippen LogP contribution in [-0.2, 0) is 0 Å². The van der Waals surface area contributed by atoms with Gasteiger partial charge in [0.25, 0.3) is 0 Å². The lowest BCUT2D eigenvalue weighted by Gasteiger charge is -2.43. The van der Waals surface area contributed by atoms with Crippen molar-refractivity contribution in [3.8, 4) is 17.5 Å². The normalized spacial score (nSPS) is 16.6. The highest BCUT2D eigenvalue weighted by Crippen LogP contribution is 2.33. The SMILES string of the molecule is CN(C)C1(CNc2oc(-c3ccc(Cl)cc3)nc2C#N)CCCCC1. The van der Waals surface area contributed by atoms with E-state index in [2.05, 4.69) is 35.4 Å². The minimum Gasteiger partial charge on any atom is -0.419 e. The number of nitriles is 1. The molecular formula is C19H23ClN4O. The zero-order valence-electron chi connectivity index (χ0n) is 14.7. The Kier molecular flexibility index (Phi) is 5.31. The average Bonchev–Trinajstić information content (AvgIpc) is 3.04. The molecule has 0 unspecified atom stereocenters. The molecule has 0 radical (unpaired) electrons. The van der Waals surface area contributed by atoms with E-state index in [-0.39, 0.29) is 11.2 Å². The summed E-state index contributed by atoms with van der Waals surface area (Å²) in [5.74, 6) is 0.873. The first kappa shape index (κ1) is 17.8. The van der Waals surface area contributed by atoms with Crippen molar-refractivity contribution in [2.45, 2.75) is 37.6 Å². The molecule has 1 aromatic heterocycles. The van der Waals surface area contributed by atoms with Crippen LogP contribution in [0.5, 0.6) is 0 Å². The maximum Gasteiger partial charge on any atom is 0.232 e. The number of hydrogen-bond donors (Lipinski definition) is 1. The summed E-state index contributed by atoms with van der Waals surface area (Å²) >= 11 is 5.92. The van der Waals surface area contributed by atoms with Crippen molar-refractivity contribution >= 4 is 17.5 Å². The van der Waals surface area contributed by atoms with Gasteiger partial charge in [-0.3, -0.25) is 0 Å². The summed E-state index contributed by atoms with van der Waals surface area (Å²) in [5.41, 5.74) is 1.18. The Hall–Kier alpha value is -2.03. The number of rotatable bonds is 5. The van der Waals surface area contributed by atoms with Crippen molar-refractivity contribution in [2.24, 2.45) is 0 Å². The van der Waals surface area contributed by atoms with E-state index in [4.69, 9.17) is 16.0 Å². The van der Waals surface area contributed by atoms with Crippen molar-refractivity contribution in [3.63, 3.8) is 0 Å². The van der Waals surface area contributed by atoms with Gasteiger partial charge in [-0.2, -0.15) is 10.2 Å². The molecule has 3 rings (SSSR count). The van der Waals surface area contributed by atoms with E-state index in [0.29, 0.717) is 16.8 Å². The fraction of sp³-hybridized carbons (Fsp3) is 0.474. The standard InChI is InChI=1S/C19H23ClN4O/c1-24(2)19(10-4-3-5-11-19)13-22-18-16(12-21)23-17(25-18)14-6-8-15(20)9-7-14/h6-9,22H,3-5,10-11,13H2,1-2H3. The second-order valence-electron chi connectivity index (χ2n) is 6.85. The third-order valence-electron chi connectivity index (χ3n) is 5.14. The van der Waals surface area contributed by atoms with Crippen molar-refractivity contribution < 1.29 is 4.42 Å². The fourth-order valence-electron chi connectivity index (χ4n) is 3.47. The topological polar surface area (TPSA) is 65.1 Å². The summed E-state index contributed by atoms with van der Waals surface area (Å²) in [6.07, 6.45) is 6.05. The van der Waals surface area contributed by atoms with Gasteiger partial charge in [-0.25, -0.2) is 0 Å². The Balaban J connectivity index is 1.80. The van der Waals surface area contributed by atoms with Crippen molar-refractivity contribution in [1.29, 1.82) is 5.26 Å². The van der Waals surface area contributed by atoms with Crippen LogP contribution in [0.25, 0.3) is 11.5 Å². The van der Waals surface area contributed by atoms with Crippen molar-refractivity contribution in [1.82, 2.24) is 9.88 Å². The van der Waals surface area contributed by atoms with Crippen LogP contribution in [0.4, 0.5) is 5.88 Å². The summed E-state index contributed by atoms with van der Waals surface area (Å²) in [7, 11) is 4.25. The van der Waals surface area contributed by atoms with Crippen LogP contribution >= 0.6 is 11.6 Å². The van der Waals surface area contributed by atoms with Crippen LogP contribution in [0.3, 0.4) is 0 Å². The number of oxazole rings is 1. The maximum atomic E-state index is 9.39. The van der Waals surface area contributed by atoms with E-state index in [1.165, 1.54) is 19.3 Å². The van der Waals surface area contributed by atoms with Gasteiger partial charge in [-0.05, 0) is 51.2 Å². The van der Waals surface area contributed by atoms with Crippen molar-refractivity contribution in [3.05, 3.63) is 35.0 Å². The van der Waals surface area contributed by atoms with Crippen LogP contribution in [0.2, 0.25) is 5.02 Å². The molecule has 0 saturated heterocycles. The van der Waals surface area contributed by atoms with Gasteiger partial charge in [-0.15, -0.1) is 0 Å². The molecule has 2 aromatic rings. The Bertz CT molecular complexity index is 755. The van der Waals surface area contributed by atoms with Crippen LogP contribution < -0.4 is 5.32 Å². The zero-order chi connectivity index (χ0) is 17.9. The smallest absolute Gasteiger partial charge is 0.232 e. The number of benzene rings is 1. The second-order valence-corrected chi connectivity index (χ2v) is 7.28. The lowest BCUT2D eigenvalue weighted by atomic mass is 9.80. The number of halogens is 1. The average molecular weight is 359 g/mol. The minimum atomic E-state index is 0.0954. The Morgan fingerprint density at radius 3 is 2.52 bits per heavy atom. The summed E-state index contributed by atoms with van der Waals surface area (Å²) in [5, 5.41) is 13.4. The summed E-state index contributed by atoms with van der Waals surface area (Å²) < 4.78 is 5.84. The molecule has 0 amide bonds. The molecule has 6 heteroatoms. The number of hydrogen-bond acceptors (Lipinski definition) is 5. The number of nitrogens with one attached hydrogen (secondary N) is 1. The summed E-state index contributed by atoms with van der Waals surface area (Å²) in [6, 6.07) is 9.35. The van der Waals surface area contributed by atoms with Gasteiger partial charge < -0.3 is 14.6 Å². The van der Waals surface area contributed by atoms with Crippen LogP contribution in [0.15, 0.2) is 28.7 Å². The second kappa shape index (κ2) is 7.47. The fourth-order valence-corrected chi connectivity index (χ4v) is 3.59. The van der Waals surface area contributed by atoms with Gasteiger partial charge in [0.05, 0.1) is 0 Å². The number of aromatic nitrogens is 1. The van der Waals surface area contributed by atoms with E-state index in [1.807, 2.05) is 12.1 Å². The van der Waals surface area contributed by atoms with Crippen LogP contribution in [0, 0.1) is 11.3 Å². The van der Waals surface area contributed by atoms with E-state index < -0.39 is 0 Å². The lowest BCUT2D eigenvalue weighted by Crippen LogP contribution is -2.51. The molecule has 1 N–H and O–H groups in total. The first-order valence-electron chi connectivity index (χ1n) is 8.62. The van der Waals surface area contributed by atoms with E-state index in [0.717, 1.165) is 24.9 Å². The number of likely N-dealkylation sites (N-methyl/N-ethyl adjacent to an activating group) is 1. The minimum absolute atomic E-state index is 0.0954. The van der Waals surface area contributed by atoms with Gasteiger partial charge in [0.1, 0.15) is 6.07 Å². The molecule has 0 atom stereocenters. The maximum absolute atomic E-state index is 9.39. The monoisotopic (exact) mass is 358 g/mol. The van der Waals surface area contributed by atoms with E-state index in [9.17, 15) is 5.26 Å². The molecule has 1 aliphatic rings. The van der Waals surface area contributed by atoms with Gasteiger partial charge in [0.15, 0.2) is 0 Å². The van der Waals surface area contributed by atoms with Gasteiger partial charge in [0, 0.05) is 22.7 Å². The Morgan fingerprint density at radius 2 is 1.92 bits per heavy atom. The van der Waals surface area contributed by atoms with Crippen molar-refractivity contribution in [2.75, 3.05) is 26.0 Å². The first-order chi connectivity index (χ1) is 12.0. The summed E-state index contributed by atoms with van der Waals surface area (Å²) in [4.78, 5) is 6.61. The molecule has 1 fully saturated rings. The molecule has 0 spiro atoms. The zero-order valence-corrected chi connectivity index (χ0v) is 15.4. The molecule has 0 aliphatic heterocycles. The molecule has 1 aliphatic carbocycles. The number of nitrogens with zero attached hydrogens (tertiary/aromatic N) is 3. The quantitative estimate of drug-likeness (QED) is 0.849. The molecule has 5 nitrogen and oxygen atoms in total. The van der Waals surface area contributed by atoms with Crippen LogP contribution in [0.1, 0.15) is 37.8 Å². The van der Waals surface area contributed by atoms with E-state index in [1.54, 1.807) is 12.1 Å². The predicted molar refractivity (Wildman–Crippen MR) is 99.7 cm³/mol. The lowest BCUT2D eigenvalue weighted by molar-refractivity contribution is 0.113. The van der Waals surface area contributed by atoms with Gasteiger partial charge in [0.2, 0.25) is 17.5 Å². The number of anilines is 1. The molecular weight excluding hydrogens is 336 g/mol. The molecule has 1 aromatic carbocycles. The largest absolute Gasteiger partial charge is 0.419 e. The summed E-state index contributed by atoms with van der Waals surface area (Å²) in [6.45, 7) is 0.740. The molecule has 25 heavy (non-hydrogen) atoms. The molecule has 1 saturated carbocycles. The molecule has 132 valence electrons. The van der Waals surface area contributed by atoms with E-state index >= 15 is 0 Å². The highest BCUT2D eigenvalue weighted by molar-refractivity contribution is 6.30. The first-order valence-corrected chi connectivity index (χ1v) is 9.00. The van der Waals surface area contributed by atoms with Crippen LogP contribution in [-0.4, -0.2) is 36.1 Å². The Labute approximate surface area is 153 Å². The molecule has 1 heterocycles. The highest BCUT2D eigenvalue weighted by Gasteiger charge is 2.34. The third-order valence-corrected chi connectivity index (χ3v) is 5.39. The van der Waals surface area contributed by atoms with Gasteiger partial charge >= 0.3 is 0 Å². The highest BCUT2D eigenvalue weighted by atomic mass is 35.5. The Morgan fingerprint density at radius 1 is 1.24 bits per heavy atom. The predicted octanol–water partition coefficient (Wildman–Crippen LogP) is 4.54. The third kappa shape index (κ3) is 3.81. The molecule has 0 bridgehead atoms. The van der Waals surface area contributed by atoms with Gasteiger partial charge in [-0.1, -0.05) is 30.9 Å².